The predicted octanol–water partition coefficient (Wildman–Crippen LogP) is 15.6. The largest absolute Gasteiger partial charge is 0.435 e. The minimum absolute atomic E-state index is 0.0413. The Morgan fingerprint density at radius 2 is 0.902 bits per heavy atom. The summed E-state index contributed by atoms with van der Waals surface area (Å²) in [6.07, 6.45) is 4.78. The Kier molecular flexibility index (Phi) is 13.2. The molecule has 0 spiro atoms. The molecule has 0 aromatic heterocycles. The molecule has 0 aliphatic rings. The third kappa shape index (κ3) is 10.3. The molecular formula is C52H39F7O2. The maximum atomic E-state index is 14.9. The van der Waals surface area contributed by atoms with Gasteiger partial charge in [-0.2, -0.15) is 17.6 Å². The van der Waals surface area contributed by atoms with Gasteiger partial charge in [-0.1, -0.05) is 116 Å². The van der Waals surface area contributed by atoms with E-state index in [4.69, 9.17) is 0 Å². The van der Waals surface area contributed by atoms with Crippen molar-refractivity contribution in [3.8, 4) is 56.0 Å². The van der Waals surface area contributed by atoms with Crippen molar-refractivity contribution in [2.45, 2.75) is 39.4 Å². The van der Waals surface area contributed by atoms with Crippen LogP contribution in [0.5, 0.6) is 11.5 Å². The lowest BCUT2D eigenvalue weighted by molar-refractivity contribution is -0.0523. The molecular weight excluding hydrogens is 790 g/mol. The number of alkyl halides is 4. The maximum absolute atomic E-state index is 14.9. The van der Waals surface area contributed by atoms with Gasteiger partial charge in [0.25, 0.3) is 0 Å². The fraction of sp³-hybridized carbons (Fsp3) is 0.115. The first-order valence-corrected chi connectivity index (χ1v) is 19.5. The number of rotatable bonds is 12. The maximum Gasteiger partial charge on any atom is 0.387 e. The number of fused-ring (bicyclic) bond motifs is 2. The summed E-state index contributed by atoms with van der Waals surface area (Å²) in [5.74, 6) is -2.42. The molecule has 0 atom stereocenters. The number of hydrogen-bond acceptors (Lipinski definition) is 2. The summed E-state index contributed by atoms with van der Waals surface area (Å²) in [4.78, 5) is 0. The Balaban J connectivity index is 0.000000184. The van der Waals surface area contributed by atoms with Crippen LogP contribution in [0.25, 0.3) is 66.1 Å². The first-order valence-electron chi connectivity index (χ1n) is 19.5. The molecule has 0 amide bonds. The van der Waals surface area contributed by atoms with Crippen molar-refractivity contribution in [2.24, 2.45) is 0 Å². The van der Waals surface area contributed by atoms with Crippen LogP contribution in [0.2, 0.25) is 0 Å². The van der Waals surface area contributed by atoms with E-state index in [1.165, 1.54) is 41.5 Å². The summed E-state index contributed by atoms with van der Waals surface area (Å²) in [5.41, 5.74) is 7.19. The highest BCUT2D eigenvalue weighted by molar-refractivity contribution is 5.89. The predicted molar refractivity (Wildman–Crippen MR) is 231 cm³/mol. The monoisotopic (exact) mass is 828 g/mol. The first-order chi connectivity index (χ1) is 29.5. The molecule has 0 bridgehead atoms. The van der Waals surface area contributed by atoms with Gasteiger partial charge in [0, 0.05) is 11.1 Å². The number of ether oxygens (including phenoxy) is 2. The molecule has 0 aliphatic carbocycles. The van der Waals surface area contributed by atoms with Crippen LogP contribution in [-0.2, 0) is 12.8 Å². The van der Waals surface area contributed by atoms with Gasteiger partial charge in [-0.15, -0.1) is 6.58 Å². The number of hydrogen-bond donors (Lipinski definition) is 0. The Morgan fingerprint density at radius 1 is 0.459 bits per heavy atom. The van der Waals surface area contributed by atoms with Crippen molar-refractivity contribution >= 4 is 21.5 Å². The van der Waals surface area contributed by atoms with Crippen molar-refractivity contribution < 1.29 is 40.2 Å². The smallest absolute Gasteiger partial charge is 0.387 e. The molecule has 8 aromatic carbocycles. The molecule has 0 radical (unpaired) electrons. The van der Waals surface area contributed by atoms with Gasteiger partial charge < -0.3 is 9.47 Å². The lowest BCUT2D eigenvalue weighted by atomic mass is 9.96. The zero-order valence-corrected chi connectivity index (χ0v) is 33.0. The molecule has 8 rings (SSSR count). The van der Waals surface area contributed by atoms with Crippen molar-refractivity contribution in [3.05, 3.63) is 193 Å². The van der Waals surface area contributed by atoms with Crippen LogP contribution in [0.4, 0.5) is 30.7 Å². The van der Waals surface area contributed by atoms with Gasteiger partial charge in [0.1, 0.15) is 17.4 Å². The highest BCUT2D eigenvalue weighted by Crippen LogP contribution is 2.34. The SMILES string of the molecule is C=CCCc1ccc2cc(-c3ccc(-c4ccc(OC(F)F)cc4)c(F)c3)ccc2c1.CCc1ccc2cc(-c3ccc(-c4ccc(OC(F)F)c(F)c4)c(F)c3)ccc2c1. The average molecular weight is 829 g/mol. The van der Waals surface area contributed by atoms with E-state index in [0.29, 0.717) is 16.7 Å². The zero-order chi connectivity index (χ0) is 43.0. The standard InChI is InChI=1S/C27H21F3O.C25H18F4O/c1-2-3-4-18-5-6-21-16-22(8-7-20(21)15-18)23-11-14-25(26(28)17-23)19-9-12-24(13-10-19)31-27(29)30;1-2-15-3-4-17-12-18(6-5-16(17)11-15)19-7-9-21(22(26)13-19)20-8-10-24(23(27)14-20)30-25(28)29/h2,5-17,27H,1,3-4H2;3-14,25H,2H2,1H3. The van der Waals surface area contributed by atoms with Crippen LogP contribution in [0.1, 0.15) is 24.5 Å². The van der Waals surface area contributed by atoms with Gasteiger partial charge in [0.15, 0.2) is 11.6 Å². The molecule has 0 N–H and O–H groups in total. The summed E-state index contributed by atoms with van der Waals surface area (Å²) < 4.78 is 101. The molecule has 2 nitrogen and oxygen atoms in total. The Morgan fingerprint density at radius 3 is 1.43 bits per heavy atom. The van der Waals surface area contributed by atoms with Gasteiger partial charge in [-0.3, -0.25) is 0 Å². The number of aryl methyl sites for hydroxylation is 2. The van der Waals surface area contributed by atoms with Gasteiger partial charge in [0.2, 0.25) is 0 Å². The lowest BCUT2D eigenvalue weighted by Crippen LogP contribution is -2.03. The van der Waals surface area contributed by atoms with Crippen LogP contribution in [0, 0.1) is 17.5 Å². The van der Waals surface area contributed by atoms with Gasteiger partial charge in [-0.25, -0.2) is 13.2 Å². The minimum atomic E-state index is -3.13. The topological polar surface area (TPSA) is 18.5 Å². The summed E-state index contributed by atoms with van der Waals surface area (Å²) in [6.45, 7) is -0.146. The Bertz CT molecular complexity index is 2820. The van der Waals surface area contributed by atoms with Crippen molar-refractivity contribution in [3.63, 3.8) is 0 Å². The second-order valence-corrected chi connectivity index (χ2v) is 14.3. The van der Waals surface area contributed by atoms with E-state index in [1.54, 1.807) is 30.3 Å². The molecule has 9 heteroatoms. The summed E-state index contributed by atoms with van der Waals surface area (Å²) in [6, 6.07) is 43.8. The van der Waals surface area contributed by atoms with E-state index in [1.807, 2.05) is 42.5 Å². The number of halogens is 7. The van der Waals surface area contributed by atoms with Crippen LogP contribution < -0.4 is 9.47 Å². The molecule has 0 saturated heterocycles. The molecule has 0 aliphatic heterocycles. The second kappa shape index (κ2) is 19.0. The molecule has 0 fully saturated rings. The van der Waals surface area contributed by atoms with Crippen LogP contribution >= 0.6 is 0 Å². The Labute approximate surface area is 349 Å². The highest BCUT2D eigenvalue weighted by Gasteiger charge is 2.15. The fourth-order valence-electron chi connectivity index (χ4n) is 7.13. The highest BCUT2D eigenvalue weighted by atomic mass is 19.3. The molecule has 61 heavy (non-hydrogen) atoms. The van der Waals surface area contributed by atoms with Gasteiger partial charge >= 0.3 is 13.2 Å². The van der Waals surface area contributed by atoms with E-state index in [9.17, 15) is 30.7 Å². The van der Waals surface area contributed by atoms with Crippen LogP contribution in [0.3, 0.4) is 0 Å². The van der Waals surface area contributed by atoms with Crippen molar-refractivity contribution in [1.82, 2.24) is 0 Å². The molecule has 0 heterocycles. The van der Waals surface area contributed by atoms with E-state index >= 15 is 0 Å². The third-order valence-corrected chi connectivity index (χ3v) is 10.3. The van der Waals surface area contributed by atoms with Crippen LogP contribution in [-0.4, -0.2) is 13.2 Å². The summed E-state index contributed by atoms with van der Waals surface area (Å²) in [7, 11) is 0. The van der Waals surface area contributed by atoms with E-state index in [2.05, 4.69) is 65.4 Å². The molecule has 308 valence electrons. The minimum Gasteiger partial charge on any atom is -0.435 e. The molecule has 0 saturated carbocycles. The van der Waals surface area contributed by atoms with Crippen molar-refractivity contribution in [1.29, 1.82) is 0 Å². The quantitative estimate of drug-likeness (QED) is 0.0902. The normalized spacial score (nSPS) is 11.2. The molecule has 8 aromatic rings. The lowest BCUT2D eigenvalue weighted by Gasteiger charge is -2.10. The van der Waals surface area contributed by atoms with E-state index < -0.39 is 30.6 Å². The Hall–Kier alpha value is -6.87. The van der Waals surface area contributed by atoms with E-state index in [0.717, 1.165) is 69.6 Å². The fourth-order valence-corrected chi connectivity index (χ4v) is 7.13. The zero-order valence-electron chi connectivity index (χ0n) is 33.0. The van der Waals surface area contributed by atoms with E-state index in [-0.39, 0.29) is 22.7 Å². The van der Waals surface area contributed by atoms with Gasteiger partial charge in [0.05, 0.1) is 0 Å². The number of benzene rings is 8. The van der Waals surface area contributed by atoms with Crippen molar-refractivity contribution in [2.75, 3.05) is 0 Å². The second-order valence-electron chi connectivity index (χ2n) is 14.3. The molecule has 0 unspecified atom stereocenters. The first kappa shape index (κ1) is 42.3. The number of allylic oxidation sites excluding steroid dienone is 1. The van der Waals surface area contributed by atoms with Crippen LogP contribution in [0.15, 0.2) is 164 Å². The third-order valence-electron chi connectivity index (χ3n) is 10.3. The summed E-state index contributed by atoms with van der Waals surface area (Å²) in [5, 5.41) is 4.43. The van der Waals surface area contributed by atoms with Gasteiger partial charge in [-0.05, 0) is 134 Å². The summed E-state index contributed by atoms with van der Waals surface area (Å²) >= 11 is 0. The average Bonchev–Trinajstić information content (AvgIpc) is 3.26.